The number of nitrogens with one attached hydrogen (secondary N) is 1. The minimum Gasteiger partial charge on any atom is -0.326 e. The van der Waals surface area contributed by atoms with Gasteiger partial charge in [-0.1, -0.05) is 48.0 Å². The van der Waals surface area contributed by atoms with Crippen LogP contribution >= 0.6 is 11.6 Å². The molecule has 2 aliphatic rings. The first-order valence-corrected chi connectivity index (χ1v) is 9.64. The molecular weight excluding hydrogens is 330 g/mol. The zero-order valence-electron chi connectivity index (χ0n) is 14.5. The van der Waals surface area contributed by atoms with Gasteiger partial charge >= 0.3 is 0 Å². The molecule has 2 aromatic rings. The lowest BCUT2D eigenvalue weighted by atomic mass is 10.0. The summed E-state index contributed by atoms with van der Waals surface area (Å²) in [5, 5.41) is 4.48. The van der Waals surface area contributed by atoms with E-state index < -0.39 is 0 Å². The molecule has 0 aromatic heterocycles. The van der Waals surface area contributed by atoms with E-state index in [0.29, 0.717) is 18.0 Å². The number of hydrogen-bond donors (Lipinski definition) is 2. The molecule has 0 spiro atoms. The van der Waals surface area contributed by atoms with Crippen molar-refractivity contribution < 1.29 is 0 Å². The third-order valence-electron chi connectivity index (χ3n) is 5.43. The van der Waals surface area contributed by atoms with Gasteiger partial charge in [-0.15, -0.1) is 0 Å². The summed E-state index contributed by atoms with van der Waals surface area (Å²) in [6.45, 7) is 4.39. The molecule has 1 saturated carbocycles. The summed E-state index contributed by atoms with van der Waals surface area (Å²) in [5.41, 5.74) is 9.79. The average Bonchev–Trinajstić information content (AvgIpc) is 3.27. The van der Waals surface area contributed by atoms with E-state index in [1.807, 2.05) is 18.2 Å². The zero-order valence-corrected chi connectivity index (χ0v) is 15.3. The fourth-order valence-electron chi connectivity index (χ4n) is 3.85. The maximum Gasteiger partial charge on any atom is 0.0412 e. The molecule has 132 valence electrons. The lowest BCUT2D eigenvalue weighted by molar-refractivity contribution is 0.331. The Morgan fingerprint density at radius 3 is 2.68 bits per heavy atom. The highest BCUT2D eigenvalue weighted by Crippen LogP contribution is 2.41. The molecule has 2 aromatic carbocycles. The molecule has 0 bridgehead atoms. The van der Waals surface area contributed by atoms with Gasteiger partial charge in [0.2, 0.25) is 0 Å². The van der Waals surface area contributed by atoms with Gasteiger partial charge in [0.25, 0.3) is 0 Å². The van der Waals surface area contributed by atoms with Crippen LogP contribution in [-0.4, -0.2) is 43.2 Å². The Labute approximate surface area is 155 Å². The Balaban J connectivity index is 1.27. The second kappa shape index (κ2) is 7.46. The molecule has 1 saturated heterocycles. The van der Waals surface area contributed by atoms with Gasteiger partial charge in [0.1, 0.15) is 0 Å². The molecule has 25 heavy (non-hydrogen) atoms. The van der Waals surface area contributed by atoms with Crippen molar-refractivity contribution in [3.05, 3.63) is 59.1 Å². The van der Waals surface area contributed by atoms with E-state index in [1.165, 1.54) is 23.1 Å². The largest absolute Gasteiger partial charge is 0.326 e. The molecule has 4 heteroatoms. The van der Waals surface area contributed by atoms with E-state index in [-0.39, 0.29) is 0 Å². The SMILES string of the molecule is N[C@@H]1CCN(CCNC2CC2c2ccc(-c3cccc(Cl)c3)cc2)C1. The maximum atomic E-state index is 6.09. The first-order chi connectivity index (χ1) is 12.2. The minimum absolute atomic E-state index is 0.381. The van der Waals surface area contributed by atoms with Crippen molar-refractivity contribution in [3.8, 4) is 11.1 Å². The molecule has 2 unspecified atom stereocenters. The van der Waals surface area contributed by atoms with Crippen LogP contribution in [0.25, 0.3) is 11.1 Å². The fraction of sp³-hybridized carbons (Fsp3) is 0.429. The minimum atomic E-state index is 0.381. The first-order valence-electron chi connectivity index (χ1n) is 9.26. The van der Waals surface area contributed by atoms with Crippen LogP contribution in [0.4, 0.5) is 0 Å². The summed E-state index contributed by atoms with van der Waals surface area (Å²) in [4.78, 5) is 2.47. The number of rotatable bonds is 6. The summed E-state index contributed by atoms with van der Waals surface area (Å²) in [6.07, 6.45) is 2.39. The van der Waals surface area contributed by atoms with E-state index >= 15 is 0 Å². The second-order valence-corrected chi connectivity index (χ2v) is 7.82. The van der Waals surface area contributed by atoms with E-state index in [9.17, 15) is 0 Å². The normalized spacial score (nSPS) is 26.1. The van der Waals surface area contributed by atoms with Gasteiger partial charge in [-0.25, -0.2) is 0 Å². The smallest absolute Gasteiger partial charge is 0.0412 e. The van der Waals surface area contributed by atoms with Gasteiger partial charge in [-0.05, 0) is 48.2 Å². The highest BCUT2D eigenvalue weighted by Gasteiger charge is 2.37. The quantitative estimate of drug-likeness (QED) is 0.833. The lowest BCUT2D eigenvalue weighted by Crippen LogP contribution is -2.33. The Kier molecular flexibility index (Phi) is 5.09. The summed E-state index contributed by atoms with van der Waals surface area (Å²) in [5.74, 6) is 0.661. The number of benzene rings is 2. The summed E-state index contributed by atoms with van der Waals surface area (Å²) < 4.78 is 0. The van der Waals surface area contributed by atoms with Crippen molar-refractivity contribution in [3.63, 3.8) is 0 Å². The van der Waals surface area contributed by atoms with E-state index in [1.54, 1.807) is 0 Å². The molecule has 0 radical (unpaired) electrons. The van der Waals surface area contributed by atoms with Crippen molar-refractivity contribution in [2.24, 2.45) is 5.73 Å². The van der Waals surface area contributed by atoms with Crippen molar-refractivity contribution in [1.82, 2.24) is 10.2 Å². The molecule has 3 N–H and O–H groups in total. The Morgan fingerprint density at radius 1 is 1.12 bits per heavy atom. The van der Waals surface area contributed by atoms with E-state index in [2.05, 4.69) is 40.5 Å². The van der Waals surface area contributed by atoms with Gasteiger partial charge in [0.15, 0.2) is 0 Å². The van der Waals surface area contributed by atoms with Crippen LogP contribution < -0.4 is 11.1 Å². The van der Waals surface area contributed by atoms with Crippen LogP contribution in [0.3, 0.4) is 0 Å². The van der Waals surface area contributed by atoms with Crippen molar-refractivity contribution in [2.75, 3.05) is 26.2 Å². The second-order valence-electron chi connectivity index (χ2n) is 7.38. The number of halogens is 1. The lowest BCUT2D eigenvalue weighted by Gasteiger charge is -2.15. The average molecular weight is 356 g/mol. The maximum absolute atomic E-state index is 6.09. The molecular formula is C21H26ClN3. The highest BCUT2D eigenvalue weighted by molar-refractivity contribution is 6.30. The molecule has 1 heterocycles. The molecule has 1 aliphatic carbocycles. The first kappa shape index (κ1) is 17.0. The van der Waals surface area contributed by atoms with Gasteiger partial charge in [-0.3, -0.25) is 0 Å². The molecule has 3 atom stereocenters. The predicted octanol–water partition coefficient (Wildman–Crippen LogP) is 3.49. The summed E-state index contributed by atoms with van der Waals surface area (Å²) >= 11 is 6.09. The van der Waals surface area contributed by atoms with Gasteiger partial charge in [-0.2, -0.15) is 0 Å². The zero-order chi connectivity index (χ0) is 17.2. The summed E-state index contributed by atoms with van der Waals surface area (Å²) in [6, 6.07) is 18.0. The van der Waals surface area contributed by atoms with E-state index in [0.717, 1.165) is 37.6 Å². The predicted molar refractivity (Wildman–Crippen MR) is 105 cm³/mol. The van der Waals surface area contributed by atoms with Crippen molar-refractivity contribution in [1.29, 1.82) is 0 Å². The third kappa shape index (κ3) is 4.24. The molecule has 3 nitrogen and oxygen atoms in total. The molecule has 4 rings (SSSR count). The number of likely N-dealkylation sites (tertiary alicyclic amines) is 1. The molecule has 0 amide bonds. The standard InChI is InChI=1S/C21H26ClN3/c22-18-3-1-2-17(12-18)15-4-6-16(7-5-15)20-13-21(20)24-9-11-25-10-8-19(23)14-25/h1-7,12,19-21,24H,8-11,13-14,23H2/t19-,20?,21?/m1/s1. The van der Waals surface area contributed by atoms with Crippen molar-refractivity contribution in [2.45, 2.75) is 30.8 Å². The van der Waals surface area contributed by atoms with Crippen molar-refractivity contribution >= 4 is 11.6 Å². The van der Waals surface area contributed by atoms with Crippen LogP contribution in [0.2, 0.25) is 5.02 Å². The monoisotopic (exact) mass is 355 g/mol. The Bertz CT molecular complexity index is 715. The Morgan fingerprint density at radius 2 is 1.96 bits per heavy atom. The van der Waals surface area contributed by atoms with Crippen LogP contribution in [0.1, 0.15) is 24.3 Å². The van der Waals surface area contributed by atoms with E-state index in [4.69, 9.17) is 17.3 Å². The van der Waals surface area contributed by atoms with Crippen LogP contribution in [0.15, 0.2) is 48.5 Å². The highest BCUT2D eigenvalue weighted by atomic mass is 35.5. The number of hydrogen-bond acceptors (Lipinski definition) is 3. The fourth-order valence-corrected chi connectivity index (χ4v) is 4.04. The van der Waals surface area contributed by atoms with Crippen LogP contribution in [0.5, 0.6) is 0 Å². The number of nitrogens with two attached hydrogens (primary N) is 1. The van der Waals surface area contributed by atoms with Gasteiger partial charge in [0.05, 0.1) is 0 Å². The molecule has 1 aliphatic heterocycles. The van der Waals surface area contributed by atoms with Gasteiger partial charge < -0.3 is 16.0 Å². The molecule has 2 fully saturated rings. The van der Waals surface area contributed by atoms with Crippen LogP contribution in [-0.2, 0) is 0 Å². The van der Waals surface area contributed by atoms with Crippen LogP contribution in [0, 0.1) is 0 Å². The topological polar surface area (TPSA) is 41.3 Å². The Hall–Kier alpha value is -1.39. The third-order valence-corrected chi connectivity index (χ3v) is 5.67. The number of nitrogens with zero attached hydrogens (tertiary/aromatic N) is 1. The van der Waals surface area contributed by atoms with Gasteiger partial charge in [0, 0.05) is 42.7 Å². The summed E-state index contributed by atoms with van der Waals surface area (Å²) in [7, 11) is 0.